The quantitative estimate of drug-likeness (QED) is 0.556. The zero-order valence-corrected chi connectivity index (χ0v) is 15.9. The van der Waals surface area contributed by atoms with E-state index in [4.69, 9.17) is 14.9 Å². The Hall–Kier alpha value is -1.59. The van der Waals surface area contributed by atoms with Crippen molar-refractivity contribution >= 4 is 5.97 Å². The van der Waals surface area contributed by atoms with E-state index >= 15 is 0 Å². The molecule has 3 N–H and O–H groups in total. The Balaban J connectivity index is 1.48. The lowest BCUT2D eigenvalue weighted by Crippen LogP contribution is -2.45. The molecule has 3 aliphatic carbocycles. The Morgan fingerprint density at radius 1 is 1.26 bits per heavy atom. The summed E-state index contributed by atoms with van der Waals surface area (Å²) in [7, 11) is 0. The highest BCUT2D eigenvalue weighted by Crippen LogP contribution is 2.61. The summed E-state index contributed by atoms with van der Waals surface area (Å²) >= 11 is 0. The van der Waals surface area contributed by atoms with Crippen molar-refractivity contribution in [3.63, 3.8) is 0 Å². The predicted molar refractivity (Wildman–Crippen MR) is 100 cm³/mol. The minimum atomic E-state index is -1.46. The number of ether oxygens (including phenoxy) is 1. The predicted octanol–water partition coefficient (Wildman–Crippen LogP) is 3.25. The van der Waals surface area contributed by atoms with E-state index in [1.165, 1.54) is 11.1 Å². The number of hydrogen-bond donors (Lipinski definition) is 3. The highest BCUT2D eigenvalue weighted by atomic mass is 16.5. The van der Waals surface area contributed by atoms with Crippen LogP contribution in [0.1, 0.15) is 68.9 Å². The molecule has 0 bridgehead atoms. The molecule has 2 saturated carbocycles. The van der Waals surface area contributed by atoms with Gasteiger partial charge in [0.15, 0.2) is 6.29 Å². The molecule has 1 unspecified atom stereocenters. The summed E-state index contributed by atoms with van der Waals surface area (Å²) in [6, 6.07) is 5.84. The molecule has 5 atom stereocenters. The van der Waals surface area contributed by atoms with Gasteiger partial charge in [0.25, 0.3) is 0 Å². The molecule has 0 radical (unpaired) electrons. The van der Waals surface area contributed by atoms with Crippen LogP contribution < -0.4 is 0 Å². The minimum Gasteiger partial charge on any atom is -0.508 e. The number of esters is 1. The summed E-state index contributed by atoms with van der Waals surface area (Å²) in [6.07, 6.45) is 4.84. The van der Waals surface area contributed by atoms with E-state index in [0.717, 1.165) is 38.5 Å². The second-order valence-electron chi connectivity index (χ2n) is 8.92. The van der Waals surface area contributed by atoms with Crippen LogP contribution in [0.25, 0.3) is 0 Å². The normalized spacial score (nSPS) is 34.7. The molecular formula is C22H30O5. The number of carbonyl (C=O) groups excluding carboxylic acids is 1. The number of aryl methyl sites for hydroxylation is 1. The molecule has 2 fully saturated rings. The lowest BCUT2D eigenvalue weighted by Gasteiger charge is -2.50. The van der Waals surface area contributed by atoms with Crippen LogP contribution in [0.4, 0.5) is 0 Å². The molecular weight excluding hydrogens is 344 g/mol. The first kappa shape index (κ1) is 18.8. The van der Waals surface area contributed by atoms with Crippen molar-refractivity contribution in [3.05, 3.63) is 29.3 Å². The molecule has 0 aromatic heterocycles. The third kappa shape index (κ3) is 3.36. The van der Waals surface area contributed by atoms with Crippen LogP contribution in [0.2, 0.25) is 0 Å². The number of benzene rings is 1. The third-order valence-corrected chi connectivity index (χ3v) is 7.50. The number of rotatable bonds is 4. The lowest BCUT2D eigenvalue weighted by molar-refractivity contribution is -0.159. The molecule has 148 valence electrons. The highest BCUT2D eigenvalue weighted by Gasteiger charge is 2.56. The van der Waals surface area contributed by atoms with Crippen LogP contribution >= 0.6 is 0 Å². The van der Waals surface area contributed by atoms with E-state index in [1.807, 2.05) is 12.1 Å². The summed E-state index contributed by atoms with van der Waals surface area (Å²) in [5.74, 6) is 1.75. The molecule has 5 nitrogen and oxygen atoms in total. The number of hydrogen-bond acceptors (Lipinski definition) is 5. The van der Waals surface area contributed by atoms with Crippen LogP contribution in [-0.4, -0.2) is 33.7 Å². The Kier molecular flexibility index (Phi) is 4.93. The molecule has 4 rings (SSSR count). The zero-order valence-electron chi connectivity index (χ0n) is 15.9. The van der Waals surface area contributed by atoms with Gasteiger partial charge in [-0.1, -0.05) is 13.0 Å². The molecule has 27 heavy (non-hydrogen) atoms. The fourth-order valence-corrected chi connectivity index (χ4v) is 6.18. The summed E-state index contributed by atoms with van der Waals surface area (Å²) in [4.78, 5) is 12.1. The molecule has 5 heteroatoms. The number of aromatic hydroxyl groups is 1. The average molecular weight is 374 g/mol. The number of aliphatic hydroxyl groups excluding tert-OH is 1. The number of fused-ring (bicyclic) bond motifs is 5. The van der Waals surface area contributed by atoms with Gasteiger partial charge in [-0.3, -0.25) is 4.79 Å². The Morgan fingerprint density at radius 3 is 2.85 bits per heavy atom. The van der Waals surface area contributed by atoms with Gasteiger partial charge in [-0.15, -0.1) is 0 Å². The van der Waals surface area contributed by atoms with Gasteiger partial charge in [0.2, 0.25) is 0 Å². The molecule has 0 saturated heterocycles. The molecule has 3 aliphatic rings. The average Bonchev–Trinajstić information content (AvgIpc) is 2.96. The van der Waals surface area contributed by atoms with Crippen LogP contribution in [-0.2, 0) is 16.0 Å². The Labute approximate surface area is 160 Å². The van der Waals surface area contributed by atoms with Gasteiger partial charge >= 0.3 is 5.97 Å². The van der Waals surface area contributed by atoms with Crippen LogP contribution in [0.5, 0.6) is 5.75 Å². The monoisotopic (exact) mass is 374 g/mol. The van der Waals surface area contributed by atoms with Crippen molar-refractivity contribution in [2.45, 2.75) is 76.6 Å². The first-order valence-electron chi connectivity index (χ1n) is 10.3. The Bertz CT molecular complexity index is 715. The van der Waals surface area contributed by atoms with Crippen LogP contribution in [0.3, 0.4) is 0 Å². The largest absolute Gasteiger partial charge is 0.508 e. The van der Waals surface area contributed by atoms with E-state index in [-0.39, 0.29) is 30.3 Å². The van der Waals surface area contributed by atoms with Gasteiger partial charge in [0.1, 0.15) is 11.9 Å². The highest BCUT2D eigenvalue weighted by molar-refractivity contribution is 5.69. The number of carbonyl (C=O) groups is 1. The maximum absolute atomic E-state index is 12.1. The van der Waals surface area contributed by atoms with Crippen LogP contribution in [0.15, 0.2) is 18.2 Å². The first-order valence-corrected chi connectivity index (χ1v) is 10.3. The maximum Gasteiger partial charge on any atom is 0.306 e. The van der Waals surface area contributed by atoms with Crippen molar-refractivity contribution < 1.29 is 24.9 Å². The van der Waals surface area contributed by atoms with E-state index in [0.29, 0.717) is 23.5 Å². The van der Waals surface area contributed by atoms with Gasteiger partial charge in [-0.2, -0.15) is 0 Å². The van der Waals surface area contributed by atoms with Crippen molar-refractivity contribution in [1.29, 1.82) is 0 Å². The van der Waals surface area contributed by atoms with E-state index < -0.39 is 6.29 Å². The maximum atomic E-state index is 12.1. The number of phenolic OH excluding ortho intramolecular Hbond substituents is 1. The van der Waals surface area contributed by atoms with Gasteiger partial charge in [0, 0.05) is 11.8 Å². The molecule has 0 aliphatic heterocycles. The smallest absolute Gasteiger partial charge is 0.306 e. The zero-order chi connectivity index (χ0) is 19.2. The Morgan fingerprint density at radius 2 is 2.07 bits per heavy atom. The summed E-state index contributed by atoms with van der Waals surface area (Å²) in [6.45, 7) is 2.28. The number of phenols is 1. The second kappa shape index (κ2) is 7.10. The summed E-state index contributed by atoms with van der Waals surface area (Å²) in [5.41, 5.74) is 2.72. The summed E-state index contributed by atoms with van der Waals surface area (Å²) in [5, 5.41) is 27.7. The SMILES string of the molecule is C[C@]12CC[C@@H]3c4ccc(O)cc4CCC3[C@@H]1CC[C@@H]2OC(=O)CCC(O)O. The second-order valence-corrected chi connectivity index (χ2v) is 8.92. The molecule has 1 aromatic rings. The lowest BCUT2D eigenvalue weighted by atomic mass is 9.55. The van der Waals surface area contributed by atoms with Crippen molar-refractivity contribution in [1.82, 2.24) is 0 Å². The fraction of sp³-hybridized carbons (Fsp3) is 0.682. The molecule has 0 heterocycles. The molecule has 0 amide bonds. The topological polar surface area (TPSA) is 87.0 Å². The van der Waals surface area contributed by atoms with E-state index in [2.05, 4.69) is 13.0 Å². The molecule has 1 aromatic carbocycles. The van der Waals surface area contributed by atoms with Crippen LogP contribution in [0, 0.1) is 17.3 Å². The van der Waals surface area contributed by atoms with Crippen molar-refractivity contribution in [2.75, 3.05) is 0 Å². The third-order valence-electron chi connectivity index (χ3n) is 7.50. The van der Waals surface area contributed by atoms with Gasteiger partial charge < -0.3 is 20.1 Å². The van der Waals surface area contributed by atoms with Crippen molar-refractivity contribution in [3.8, 4) is 5.75 Å². The first-order chi connectivity index (χ1) is 12.9. The van der Waals surface area contributed by atoms with E-state index in [9.17, 15) is 9.90 Å². The minimum absolute atomic E-state index is 0.0169. The standard InChI is InChI=1S/C22H30O5/c1-22-11-10-16-15-5-3-14(23)12-13(15)2-4-17(16)18(22)6-7-19(22)27-21(26)9-8-20(24)25/h3,5,12,16-20,23-25H,2,4,6-11H2,1H3/t16-,17?,18+,19+,22+/m1/s1. The fourth-order valence-electron chi connectivity index (χ4n) is 6.18. The summed E-state index contributed by atoms with van der Waals surface area (Å²) < 4.78 is 5.80. The van der Waals surface area contributed by atoms with Crippen molar-refractivity contribution in [2.24, 2.45) is 17.3 Å². The van der Waals surface area contributed by atoms with E-state index in [1.54, 1.807) is 0 Å². The number of aliphatic hydroxyl groups is 2. The van der Waals surface area contributed by atoms with Gasteiger partial charge in [0.05, 0.1) is 6.42 Å². The molecule has 0 spiro atoms. The van der Waals surface area contributed by atoms with Gasteiger partial charge in [-0.25, -0.2) is 0 Å². The van der Waals surface area contributed by atoms with Gasteiger partial charge in [-0.05, 0) is 79.5 Å².